The quantitative estimate of drug-likeness (QED) is 0.320. The summed E-state index contributed by atoms with van der Waals surface area (Å²) in [7, 11) is 0. The summed E-state index contributed by atoms with van der Waals surface area (Å²) >= 11 is 3.02. The Balaban J connectivity index is 2.69. The summed E-state index contributed by atoms with van der Waals surface area (Å²) in [5.41, 5.74) is 0. The second-order valence-electron chi connectivity index (χ2n) is 2.32. The van der Waals surface area contributed by atoms with Crippen LogP contribution in [0.2, 0.25) is 0 Å². The van der Waals surface area contributed by atoms with E-state index in [1.165, 1.54) is 32.7 Å². The molecule has 0 aliphatic heterocycles. The summed E-state index contributed by atoms with van der Waals surface area (Å²) in [6, 6.07) is 0. The Labute approximate surface area is 94.5 Å². The van der Waals surface area contributed by atoms with E-state index in [0.29, 0.717) is 21.2 Å². The predicted molar refractivity (Wildman–Crippen MR) is 56.4 cm³/mol. The van der Waals surface area contributed by atoms with Gasteiger partial charge in [0.05, 0.1) is 0 Å². The van der Waals surface area contributed by atoms with E-state index >= 15 is 0 Å². The fourth-order valence-corrected chi connectivity index (χ4v) is 4.92. The summed E-state index contributed by atoms with van der Waals surface area (Å²) in [5.74, 6) is 0. The van der Waals surface area contributed by atoms with Gasteiger partial charge in [-0.15, -0.1) is 0 Å². The molecule has 0 heterocycles. The molecule has 11 heavy (non-hydrogen) atoms. The van der Waals surface area contributed by atoms with Crippen molar-refractivity contribution in [2.45, 2.75) is 19.8 Å². The van der Waals surface area contributed by atoms with E-state index in [0.717, 1.165) is 6.54 Å². The van der Waals surface area contributed by atoms with Crippen molar-refractivity contribution in [3.8, 4) is 0 Å². The van der Waals surface area contributed by atoms with E-state index in [2.05, 4.69) is 34.8 Å². The fraction of sp³-hybridized carbons (Fsp3) is 1.00. The summed E-state index contributed by atoms with van der Waals surface area (Å²) in [6.07, 6.45) is 2.86. The Morgan fingerprint density at radius 2 is 2.00 bits per heavy atom. The van der Waals surface area contributed by atoms with Gasteiger partial charge in [-0.05, 0) is 0 Å². The first-order chi connectivity index (χ1) is 5.41. The van der Waals surface area contributed by atoms with Crippen molar-refractivity contribution in [1.82, 2.24) is 5.32 Å². The molecular formula is C8H18I2N-. The molecular weight excluding hydrogens is 364 g/mol. The van der Waals surface area contributed by atoms with Crippen LogP contribution >= 0.6 is 22.6 Å². The van der Waals surface area contributed by atoms with Crippen LogP contribution in [0.15, 0.2) is 0 Å². The van der Waals surface area contributed by atoms with Crippen molar-refractivity contribution in [3.63, 3.8) is 0 Å². The van der Waals surface area contributed by atoms with Crippen LogP contribution in [0.3, 0.4) is 0 Å². The molecule has 0 aromatic carbocycles. The monoisotopic (exact) mass is 382 g/mol. The third-order valence-corrected chi connectivity index (χ3v) is 5.09. The molecule has 0 bridgehead atoms. The molecule has 3 heteroatoms. The third-order valence-electron chi connectivity index (χ3n) is 1.27. The zero-order valence-electron chi connectivity index (χ0n) is 7.21. The number of halogens is 2. The van der Waals surface area contributed by atoms with Gasteiger partial charge in [-0.25, -0.2) is 0 Å². The van der Waals surface area contributed by atoms with E-state index < -0.39 is 0 Å². The second-order valence-corrected chi connectivity index (χ2v) is 6.63. The van der Waals surface area contributed by atoms with Crippen LogP contribution in [-0.4, -0.2) is 26.4 Å². The zero-order valence-corrected chi connectivity index (χ0v) is 11.5. The Kier molecular flexibility index (Phi) is 12.9. The van der Waals surface area contributed by atoms with E-state index in [-0.39, 0.29) is 0 Å². The maximum atomic E-state index is 3.36. The van der Waals surface area contributed by atoms with Crippen LogP contribution < -0.4 is 26.5 Å². The summed E-state index contributed by atoms with van der Waals surface area (Å²) in [6.45, 7) is 4.54. The van der Waals surface area contributed by atoms with Gasteiger partial charge in [0.2, 0.25) is 0 Å². The molecule has 0 unspecified atom stereocenters. The maximum absolute atomic E-state index is 3.36. The molecule has 0 atom stereocenters. The zero-order chi connectivity index (χ0) is 8.36. The van der Waals surface area contributed by atoms with Crippen molar-refractivity contribution < 1.29 is 21.2 Å². The third kappa shape index (κ3) is 11.4. The molecule has 0 fully saturated rings. The molecule has 1 N–H and O–H groups in total. The first-order valence-electron chi connectivity index (χ1n) is 4.22. The normalized spacial score (nSPS) is 10.7. The van der Waals surface area contributed by atoms with Gasteiger partial charge in [-0.1, -0.05) is 0 Å². The first kappa shape index (κ1) is 12.4. The van der Waals surface area contributed by atoms with Crippen molar-refractivity contribution in [2.24, 2.45) is 0 Å². The molecule has 0 radical (unpaired) electrons. The number of hydrogen-bond donors (Lipinski definition) is 1. The van der Waals surface area contributed by atoms with E-state index in [1.807, 2.05) is 0 Å². The molecule has 0 saturated heterocycles. The molecule has 1 nitrogen and oxygen atoms in total. The van der Waals surface area contributed by atoms with E-state index in [9.17, 15) is 0 Å². The number of alkyl halides is 3. The Morgan fingerprint density at radius 1 is 1.27 bits per heavy atom. The van der Waals surface area contributed by atoms with Crippen molar-refractivity contribution in [3.05, 3.63) is 0 Å². The molecule has 0 saturated carbocycles. The Bertz CT molecular complexity index is 61.1. The van der Waals surface area contributed by atoms with Gasteiger partial charge in [0, 0.05) is 0 Å². The molecule has 0 spiro atoms. The van der Waals surface area contributed by atoms with Gasteiger partial charge in [0.25, 0.3) is 0 Å². The van der Waals surface area contributed by atoms with Gasteiger partial charge >= 0.3 is 95.3 Å². The first-order valence-corrected chi connectivity index (χ1v) is 8.79. The van der Waals surface area contributed by atoms with Gasteiger partial charge in [-0.3, -0.25) is 0 Å². The molecule has 0 aliphatic rings. The average molecular weight is 382 g/mol. The summed E-state index contributed by atoms with van der Waals surface area (Å²) < 4.78 is 4.40. The van der Waals surface area contributed by atoms with Crippen LogP contribution in [0.1, 0.15) is 19.8 Å². The molecule has 0 rings (SSSR count). The van der Waals surface area contributed by atoms with Gasteiger partial charge in [0.15, 0.2) is 0 Å². The SMILES string of the molecule is CCNCCC[I-]CCCI. The topological polar surface area (TPSA) is 12.0 Å². The molecule has 70 valence electrons. The summed E-state index contributed by atoms with van der Waals surface area (Å²) in [5, 5.41) is 3.36. The van der Waals surface area contributed by atoms with Gasteiger partial charge in [-0.2, -0.15) is 0 Å². The average Bonchev–Trinajstić information content (AvgIpc) is 2.03. The molecule has 0 aromatic heterocycles. The van der Waals surface area contributed by atoms with E-state index in [1.54, 1.807) is 0 Å². The minimum atomic E-state index is 0.556. The predicted octanol–water partition coefficient (Wildman–Crippen LogP) is -1.10. The van der Waals surface area contributed by atoms with Crippen molar-refractivity contribution in [2.75, 3.05) is 26.4 Å². The van der Waals surface area contributed by atoms with Crippen LogP contribution in [0.4, 0.5) is 0 Å². The fourth-order valence-electron chi connectivity index (χ4n) is 0.703. The van der Waals surface area contributed by atoms with Gasteiger partial charge in [0.1, 0.15) is 0 Å². The van der Waals surface area contributed by atoms with E-state index in [4.69, 9.17) is 0 Å². The molecule has 0 aromatic rings. The minimum absolute atomic E-state index is 0.556. The van der Waals surface area contributed by atoms with Crippen molar-refractivity contribution in [1.29, 1.82) is 0 Å². The standard InChI is InChI=1S/C8H18I2N/c1-2-11-8-4-7-10-6-3-5-9/h11H,2-8H2,1H3/q-1. The number of rotatable bonds is 8. The van der Waals surface area contributed by atoms with Crippen LogP contribution in [0, 0.1) is 0 Å². The Morgan fingerprint density at radius 3 is 2.64 bits per heavy atom. The van der Waals surface area contributed by atoms with Crippen LogP contribution in [0.25, 0.3) is 0 Å². The van der Waals surface area contributed by atoms with Crippen molar-refractivity contribution >= 4 is 22.6 Å². The van der Waals surface area contributed by atoms with Crippen LogP contribution in [0.5, 0.6) is 0 Å². The van der Waals surface area contributed by atoms with Crippen LogP contribution in [-0.2, 0) is 0 Å². The van der Waals surface area contributed by atoms with Gasteiger partial charge < -0.3 is 0 Å². The molecule has 0 amide bonds. The Hall–Kier alpha value is 1.42. The number of nitrogens with one attached hydrogen (secondary N) is 1. The second kappa shape index (κ2) is 11.4. The number of hydrogen-bond acceptors (Lipinski definition) is 1. The summed E-state index contributed by atoms with van der Waals surface area (Å²) in [4.78, 5) is 0. The molecule has 0 aliphatic carbocycles.